The molecule has 7 heteroatoms. The number of ether oxygens (including phenoxy) is 1. The number of rotatable bonds is 4. The van der Waals surface area contributed by atoms with Crippen LogP contribution in [0.2, 0.25) is 0 Å². The van der Waals surface area contributed by atoms with Gasteiger partial charge < -0.3 is 14.7 Å². The number of aliphatic carboxylic acids is 1. The molecule has 1 aliphatic carbocycles. The van der Waals surface area contributed by atoms with E-state index in [1.165, 1.54) is 0 Å². The van der Waals surface area contributed by atoms with E-state index < -0.39 is 12.0 Å². The molecule has 3 atom stereocenters. The Bertz CT molecular complexity index is 845. The Morgan fingerprint density at radius 2 is 1.89 bits per heavy atom. The quantitative estimate of drug-likeness (QED) is 0.896. The van der Waals surface area contributed by atoms with Gasteiger partial charge in [0.05, 0.1) is 12.8 Å². The van der Waals surface area contributed by atoms with Crippen LogP contribution in [-0.4, -0.2) is 50.9 Å². The lowest BCUT2D eigenvalue weighted by Gasteiger charge is -2.32. The van der Waals surface area contributed by atoms with Crippen LogP contribution in [0.5, 0.6) is 5.75 Å². The smallest absolute Gasteiger partial charge is 0.326 e. The molecule has 2 aliphatic rings. The monoisotopic (exact) mass is 369 g/mol. The Kier molecular flexibility index (Phi) is 4.59. The van der Waals surface area contributed by atoms with Gasteiger partial charge in [0.2, 0.25) is 0 Å². The Morgan fingerprint density at radius 3 is 2.59 bits per heavy atom. The van der Waals surface area contributed by atoms with Crippen LogP contribution in [0, 0.1) is 5.92 Å². The highest BCUT2D eigenvalue weighted by Crippen LogP contribution is 2.40. The van der Waals surface area contributed by atoms with Crippen LogP contribution in [0.3, 0.4) is 0 Å². The van der Waals surface area contributed by atoms with E-state index in [-0.39, 0.29) is 23.6 Å². The van der Waals surface area contributed by atoms with E-state index in [0.29, 0.717) is 6.42 Å². The lowest BCUT2D eigenvalue weighted by molar-refractivity contribution is -0.141. The number of hydrogen-bond donors (Lipinski definition) is 1. The van der Waals surface area contributed by atoms with Crippen molar-refractivity contribution in [1.82, 2.24) is 14.7 Å². The van der Waals surface area contributed by atoms with Gasteiger partial charge in [-0.2, -0.15) is 5.10 Å². The fraction of sp³-hybridized carbons (Fsp3) is 0.450. The van der Waals surface area contributed by atoms with Crippen molar-refractivity contribution in [2.45, 2.75) is 44.2 Å². The molecule has 0 bridgehead atoms. The zero-order valence-corrected chi connectivity index (χ0v) is 15.2. The molecule has 1 N–H and O–H groups in total. The van der Waals surface area contributed by atoms with E-state index in [4.69, 9.17) is 4.74 Å². The predicted octanol–water partition coefficient (Wildman–Crippen LogP) is 2.74. The van der Waals surface area contributed by atoms with Crippen molar-refractivity contribution < 1.29 is 19.4 Å². The summed E-state index contributed by atoms with van der Waals surface area (Å²) in [6.07, 6.45) is 6.29. The SMILES string of the molecule is COc1ccc(-n2ccc(C(=O)N3[C@@H]4CCCC[C@H]4C[C@H]3C(=O)O)n2)cc1. The summed E-state index contributed by atoms with van der Waals surface area (Å²) in [5, 5.41) is 14.0. The number of fused-ring (bicyclic) bond motifs is 1. The van der Waals surface area contributed by atoms with Gasteiger partial charge in [-0.15, -0.1) is 0 Å². The van der Waals surface area contributed by atoms with E-state index in [1.807, 2.05) is 24.3 Å². The number of likely N-dealkylation sites (tertiary alicyclic amines) is 1. The first-order chi connectivity index (χ1) is 13.1. The van der Waals surface area contributed by atoms with E-state index in [2.05, 4.69) is 5.10 Å². The Balaban J connectivity index is 1.59. The average molecular weight is 369 g/mol. The number of amides is 1. The fourth-order valence-electron chi connectivity index (χ4n) is 4.42. The number of carboxylic acids is 1. The van der Waals surface area contributed by atoms with Gasteiger partial charge in [-0.05, 0) is 55.5 Å². The maximum atomic E-state index is 13.1. The first kappa shape index (κ1) is 17.6. The number of carbonyl (C=O) groups excluding carboxylic acids is 1. The van der Waals surface area contributed by atoms with Crippen molar-refractivity contribution in [3.8, 4) is 11.4 Å². The minimum atomic E-state index is -0.924. The van der Waals surface area contributed by atoms with E-state index >= 15 is 0 Å². The minimum Gasteiger partial charge on any atom is -0.497 e. The highest BCUT2D eigenvalue weighted by molar-refractivity contribution is 5.95. The summed E-state index contributed by atoms with van der Waals surface area (Å²) in [6, 6.07) is 8.27. The standard InChI is InChI=1S/C20H23N3O4/c1-27-15-8-6-14(7-9-15)22-11-10-16(21-22)19(24)23-17-5-3-2-4-13(17)12-18(23)20(25)26/h6-11,13,17-18H,2-5,12H2,1H3,(H,25,26)/t13-,17+,18-/m0/s1. The molecule has 1 aromatic carbocycles. The maximum absolute atomic E-state index is 13.1. The molecule has 2 aromatic rings. The highest BCUT2D eigenvalue weighted by Gasteiger charge is 2.48. The van der Waals surface area contributed by atoms with Gasteiger partial charge in [-0.25, -0.2) is 9.48 Å². The second-order valence-electron chi connectivity index (χ2n) is 7.26. The molecule has 2 fully saturated rings. The molecule has 7 nitrogen and oxygen atoms in total. The molecule has 142 valence electrons. The molecule has 0 radical (unpaired) electrons. The third-order valence-electron chi connectivity index (χ3n) is 5.75. The van der Waals surface area contributed by atoms with E-state index in [9.17, 15) is 14.7 Å². The molecule has 1 saturated heterocycles. The highest BCUT2D eigenvalue weighted by atomic mass is 16.5. The lowest BCUT2D eigenvalue weighted by Crippen LogP contribution is -2.46. The topological polar surface area (TPSA) is 84.7 Å². The van der Waals surface area contributed by atoms with Crippen molar-refractivity contribution in [2.24, 2.45) is 5.92 Å². The van der Waals surface area contributed by atoms with Gasteiger partial charge in [0, 0.05) is 12.2 Å². The molecule has 1 saturated carbocycles. The molecule has 27 heavy (non-hydrogen) atoms. The van der Waals surface area contributed by atoms with Gasteiger partial charge in [0.1, 0.15) is 11.8 Å². The van der Waals surface area contributed by atoms with Crippen LogP contribution in [-0.2, 0) is 4.79 Å². The minimum absolute atomic E-state index is 0.0125. The molecule has 1 amide bonds. The third-order valence-corrected chi connectivity index (χ3v) is 5.75. The van der Waals surface area contributed by atoms with Gasteiger partial charge in [0.25, 0.3) is 5.91 Å². The van der Waals surface area contributed by atoms with Crippen LogP contribution in [0.15, 0.2) is 36.5 Å². The Morgan fingerprint density at radius 1 is 1.15 bits per heavy atom. The number of carboxylic acid groups (broad SMARTS) is 1. The number of carbonyl (C=O) groups is 2. The Labute approximate surface area is 157 Å². The molecular weight excluding hydrogens is 346 g/mol. The third kappa shape index (κ3) is 3.18. The first-order valence-corrected chi connectivity index (χ1v) is 9.34. The first-order valence-electron chi connectivity index (χ1n) is 9.34. The molecular formula is C20H23N3O4. The van der Waals surface area contributed by atoms with Crippen LogP contribution in [0.1, 0.15) is 42.6 Å². The van der Waals surface area contributed by atoms with E-state index in [1.54, 1.807) is 29.0 Å². The number of methoxy groups -OCH3 is 1. The van der Waals surface area contributed by atoms with Gasteiger partial charge in [-0.3, -0.25) is 4.79 Å². The van der Waals surface area contributed by atoms with Crippen molar-refractivity contribution in [2.75, 3.05) is 7.11 Å². The summed E-state index contributed by atoms with van der Waals surface area (Å²) in [6.45, 7) is 0. The van der Waals surface area contributed by atoms with Crippen LogP contribution >= 0.6 is 0 Å². The zero-order valence-electron chi connectivity index (χ0n) is 15.2. The maximum Gasteiger partial charge on any atom is 0.326 e. The van der Waals surface area contributed by atoms with Gasteiger partial charge in [-0.1, -0.05) is 12.8 Å². The van der Waals surface area contributed by atoms with Crippen molar-refractivity contribution >= 4 is 11.9 Å². The molecule has 0 spiro atoms. The van der Waals surface area contributed by atoms with Gasteiger partial charge in [0.15, 0.2) is 5.69 Å². The second-order valence-corrected chi connectivity index (χ2v) is 7.26. The predicted molar refractivity (Wildman–Crippen MR) is 98.1 cm³/mol. The number of aromatic nitrogens is 2. The summed E-state index contributed by atoms with van der Waals surface area (Å²) in [5.74, 6) is -0.184. The number of nitrogens with zero attached hydrogens (tertiary/aromatic N) is 3. The normalized spacial score (nSPS) is 24.5. The van der Waals surface area contributed by atoms with E-state index in [0.717, 1.165) is 37.1 Å². The fourth-order valence-corrected chi connectivity index (χ4v) is 4.42. The lowest BCUT2D eigenvalue weighted by atomic mass is 9.84. The molecule has 0 unspecified atom stereocenters. The van der Waals surface area contributed by atoms with Crippen LogP contribution < -0.4 is 4.74 Å². The second kappa shape index (κ2) is 7.06. The summed E-state index contributed by atoms with van der Waals surface area (Å²) in [7, 11) is 1.60. The summed E-state index contributed by atoms with van der Waals surface area (Å²) < 4.78 is 6.78. The largest absolute Gasteiger partial charge is 0.497 e. The molecule has 2 heterocycles. The molecule has 1 aliphatic heterocycles. The zero-order chi connectivity index (χ0) is 19.0. The summed E-state index contributed by atoms with van der Waals surface area (Å²) in [4.78, 5) is 26.5. The Hall–Kier alpha value is -2.83. The molecule has 1 aromatic heterocycles. The van der Waals surface area contributed by atoms with Crippen LogP contribution in [0.4, 0.5) is 0 Å². The molecule has 4 rings (SSSR count). The van der Waals surface area contributed by atoms with Crippen molar-refractivity contribution in [3.05, 3.63) is 42.2 Å². The van der Waals surface area contributed by atoms with Crippen molar-refractivity contribution in [1.29, 1.82) is 0 Å². The number of benzene rings is 1. The van der Waals surface area contributed by atoms with Gasteiger partial charge >= 0.3 is 5.97 Å². The van der Waals surface area contributed by atoms with Crippen molar-refractivity contribution in [3.63, 3.8) is 0 Å². The summed E-state index contributed by atoms with van der Waals surface area (Å²) in [5.41, 5.74) is 1.09. The summed E-state index contributed by atoms with van der Waals surface area (Å²) >= 11 is 0. The van der Waals surface area contributed by atoms with Crippen LogP contribution in [0.25, 0.3) is 5.69 Å². The average Bonchev–Trinajstić information content (AvgIpc) is 3.33. The number of hydrogen-bond acceptors (Lipinski definition) is 4.